The minimum absolute atomic E-state index is 0.000972. The fraction of sp³-hybridized carbons (Fsp3) is 0.333. The van der Waals surface area contributed by atoms with Gasteiger partial charge in [-0.25, -0.2) is 9.78 Å². The third-order valence-corrected chi connectivity index (χ3v) is 3.05. The molecule has 0 aliphatic heterocycles. The first-order valence-electron chi connectivity index (χ1n) is 6.06. The molecule has 2 rings (SSSR count). The largest absolute Gasteiger partial charge is 0.496 e. The molecule has 19 heavy (non-hydrogen) atoms. The van der Waals surface area contributed by atoms with Crippen LogP contribution in [0.25, 0.3) is 10.9 Å². The summed E-state index contributed by atoms with van der Waals surface area (Å²) >= 11 is 0. The van der Waals surface area contributed by atoms with E-state index in [4.69, 9.17) is 9.84 Å². The molecule has 0 saturated carbocycles. The van der Waals surface area contributed by atoms with Crippen LogP contribution in [-0.4, -0.2) is 23.2 Å². The second-order valence-electron chi connectivity index (χ2n) is 5.47. The van der Waals surface area contributed by atoms with Crippen molar-refractivity contribution >= 4 is 16.9 Å². The summed E-state index contributed by atoms with van der Waals surface area (Å²) in [5.41, 5.74) is 1.58. The fourth-order valence-corrected chi connectivity index (χ4v) is 2.10. The van der Waals surface area contributed by atoms with Crippen molar-refractivity contribution in [3.63, 3.8) is 0 Å². The lowest BCUT2D eigenvalue weighted by molar-refractivity contribution is 0.0690. The van der Waals surface area contributed by atoms with E-state index in [0.717, 1.165) is 10.9 Å². The number of carboxylic acids is 1. The molecule has 0 atom stereocenters. The number of benzene rings is 1. The summed E-state index contributed by atoms with van der Waals surface area (Å²) in [7, 11) is 1.53. The number of rotatable bonds is 2. The number of hydrogen-bond donors (Lipinski definition) is 1. The van der Waals surface area contributed by atoms with Crippen LogP contribution >= 0.6 is 0 Å². The number of carboxylic acid groups (broad SMARTS) is 1. The molecule has 4 nitrogen and oxygen atoms in total. The van der Waals surface area contributed by atoms with Gasteiger partial charge in [0.25, 0.3) is 0 Å². The van der Waals surface area contributed by atoms with Gasteiger partial charge >= 0.3 is 5.97 Å². The SMILES string of the molecule is COc1cc(C(=O)O)nc2c(C(C)(C)C)cccc12. The van der Waals surface area contributed by atoms with Crippen molar-refractivity contribution in [2.24, 2.45) is 0 Å². The molecule has 0 unspecified atom stereocenters. The van der Waals surface area contributed by atoms with Gasteiger partial charge in [0.15, 0.2) is 5.69 Å². The van der Waals surface area contributed by atoms with Crippen molar-refractivity contribution in [3.05, 3.63) is 35.5 Å². The number of para-hydroxylation sites is 1. The number of aromatic nitrogens is 1. The third-order valence-electron chi connectivity index (χ3n) is 3.05. The Morgan fingerprint density at radius 3 is 2.53 bits per heavy atom. The van der Waals surface area contributed by atoms with Crippen molar-refractivity contribution in [1.82, 2.24) is 4.98 Å². The van der Waals surface area contributed by atoms with E-state index in [1.165, 1.54) is 13.2 Å². The predicted molar refractivity (Wildman–Crippen MR) is 74.0 cm³/mol. The lowest BCUT2D eigenvalue weighted by atomic mass is 9.85. The Balaban J connectivity index is 2.87. The molecule has 0 spiro atoms. The Hall–Kier alpha value is -2.10. The van der Waals surface area contributed by atoms with Crippen LogP contribution in [-0.2, 0) is 5.41 Å². The topological polar surface area (TPSA) is 59.4 Å². The zero-order chi connectivity index (χ0) is 14.2. The molecule has 0 radical (unpaired) electrons. The molecule has 0 amide bonds. The molecule has 2 aromatic rings. The van der Waals surface area contributed by atoms with Crippen LogP contribution < -0.4 is 4.74 Å². The molecule has 0 aliphatic carbocycles. The number of hydrogen-bond acceptors (Lipinski definition) is 3. The zero-order valence-corrected chi connectivity index (χ0v) is 11.5. The van der Waals surface area contributed by atoms with Crippen LogP contribution in [0, 0.1) is 0 Å². The van der Waals surface area contributed by atoms with Crippen molar-refractivity contribution in [2.45, 2.75) is 26.2 Å². The molecule has 1 heterocycles. The van der Waals surface area contributed by atoms with Gasteiger partial charge in [0, 0.05) is 11.5 Å². The van der Waals surface area contributed by atoms with Gasteiger partial charge in [-0.2, -0.15) is 0 Å². The Labute approximate surface area is 112 Å². The lowest BCUT2D eigenvalue weighted by Crippen LogP contribution is -2.13. The van der Waals surface area contributed by atoms with E-state index in [1.807, 2.05) is 18.2 Å². The molecular weight excluding hydrogens is 242 g/mol. The Kier molecular flexibility index (Phi) is 3.18. The average molecular weight is 259 g/mol. The summed E-state index contributed by atoms with van der Waals surface area (Å²) in [6, 6.07) is 7.26. The highest BCUT2D eigenvalue weighted by molar-refractivity contribution is 5.94. The van der Waals surface area contributed by atoms with Gasteiger partial charge in [-0.3, -0.25) is 0 Å². The average Bonchev–Trinajstić information content (AvgIpc) is 2.35. The number of nitrogens with zero attached hydrogens (tertiary/aromatic N) is 1. The quantitative estimate of drug-likeness (QED) is 0.899. The van der Waals surface area contributed by atoms with Gasteiger partial charge in [0.05, 0.1) is 12.6 Å². The maximum Gasteiger partial charge on any atom is 0.354 e. The maximum atomic E-state index is 11.2. The van der Waals surface area contributed by atoms with E-state index in [0.29, 0.717) is 11.3 Å². The molecule has 100 valence electrons. The number of pyridine rings is 1. The Bertz CT molecular complexity index is 642. The first kappa shape index (κ1) is 13.3. The smallest absolute Gasteiger partial charge is 0.354 e. The molecule has 1 N–H and O–H groups in total. The molecule has 0 saturated heterocycles. The minimum Gasteiger partial charge on any atom is -0.496 e. The summed E-state index contributed by atoms with van der Waals surface area (Å²) in [6.07, 6.45) is 0. The minimum atomic E-state index is -1.05. The summed E-state index contributed by atoms with van der Waals surface area (Å²) in [5.74, 6) is -0.516. The molecular formula is C15H17NO3. The fourth-order valence-electron chi connectivity index (χ4n) is 2.10. The molecule has 0 aliphatic rings. The summed E-state index contributed by atoms with van der Waals surface area (Å²) in [5, 5.41) is 9.97. The monoisotopic (exact) mass is 259 g/mol. The van der Waals surface area contributed by atoms with E-state index in [-0.39, 0.29) is 11.1 Å². The maximum absolute atomic E-state index is 11.2. The van der Waals surface area contributed by atoms with Crippen LogP contribution in [0.4, 0.5) is 0 Å². The predicted octanol–water partition coefficient (Wildman–Crippen LogP) is 3.24. The van der Waals surface area contributed by atoms with E-state index >= 15 is 0 Å². The van der Waals surface area contributed by atoms with Gasteiger partial charge < -0.3 is 9.84 Å². The van der Waals surface area contributed by atoms with Crippen molar-refractivity contribution in [3.8, 4) is 5.75 Å². The summed E-state index contributed by atoms with van der Waals surface area (Å²) < 4.78 is 5.28. The molecule has 0 bridgehead atoms. The number of carbonyl (C=O) groups is 1. The number of ether oxygens (including phenoxy) is 1. The number of aromatic carboxylic acids is 1. The highest BCUT2D eigenvalue weighted by atomic mass is 16.5. The highest BCUT2D eigenvalue weighted by Crippen LogP contribution is 2.33. The van der Waals surface area contributed by atoms with E-state index in [2.05, 4.69) is 25.8 Å². The normalized spacial score (nSPS) is 11.6. The van der Waals surface area contributed by atoms with Crippen molar-refractivity contribution < 1.29 is 14.6 Å². The van der Waals surface area contributed by atoms with Gasteiger partial charge in [0.2, 0.25) is 0 Å². The van der Waals surface area contributed by atoms with Crippen LogP contribution in [0.3, 0.4) is 0 Å². The lowest BCUT2D eigenvalue weighted by Gasteiger charge is -2.21. The van der Waals surface area contributed by atoms with Crippen LogP contribution in [0.5, 0.6) is 5.75 Å². The standard InChI is InChI=1S/C15H17NO3/c1-15(2,3)10-7-5-6-9-12(19-4)8-11(14(17)18)16-13(9)10/h5-8H,1-4H3,(H,17,18). The third kappa shape index (κ3) is 2.38. The van der Waals surface area contributed by atoms with Gasteiger partial charge in [-0.1, -0.05) is 32.9 Å². The highest BCUT2D eigenvalue weighted by Gasteiger charge is 2.20. The number of fused-ring (bicyclic) bond motifs is 1. The molecule has 1 aromatic heterocycles. The van der Waals surface area contributed by atoms with Crippen molar-refractivity contribution in [1.29, 1.82) is 0 Å². The second kappa shape index (κ2) is 4.53. The molecule has 0 fully saturated rings. The van der Waals surface area contributed by atoms with Gasteiger partial charge in [-0.05, 0) is 17.0 Å². The first-order chi connectivity index (χ1) is 8.84. The molecule has 4 heteroatoms. The second-order valence-corrected chi connectivity index (χ2v) is 5.47. The van der Waals surface area contributed by atoms with Crippen LogP contribution in [0.1, 0.15) is 36.8 Å². The van der Waals surface area contributed by atoms with Gasteiger partial charge in [0.1, 0.15) is 5.75 Å². The first-order valence-corrected chi connectivity index (χ1v) is 6.06. The van der Waals surface area contributed by atoms with Crippen molar-refractivity contribution in [2.75, 3.05) is 7.11 Å². The Morgan fingerprint density at radius 1 is 1.32 bits per heavy atom. The zero-order valence-electron chi connectivity index (χ0n) is 11.5. The van der Waals surface area contributed by atoms with E-state index in [9.17, 15) is 4.79 Å². The van der Waals surface area contributed by atoms with Crippen LogP contribution in [0.2, 0.25) is 0 Å². The van der Waals surface area contributed by atoms with E-state index in [1.54, 1.807) is 0 Å². The van der Waals surface area contributed by atoms with Crippen LogP contribution in [0.15, 0.2) is 24.3 Å². The van der Waals surface area contributed by atoms with E-state index < -0.39 is 5.97 Å². The summed E-state index contributed by atoms with van der Waals surface area (Å²) in [4.78, 5) is 15.4. The van der Waals surface area contributed by atoms with Gasteiger partial charge in [-0.15, -0.1) is 0 Å². The molecule has 1 aromatic carbocycles. The Morgan fingerprint density at radius 2 is 2.00 bits per heavy atom. The summed E-state index contributed by atoms with van der Waals surface area (Å²) in [6.45, 7) is 6.22. The number of methoxy groups -OCH3 is 1.